The van der Waals surface area contributed by atoms with Crippen molar-refractivity contribution in [3.8, 4) is 0 Å². The van der Waals surface area contributed by atoms with E-state index in [0.717, 1.165) is 12.1 Å². The van der Waals surface area contributed by atoms with Crippen molar-refractivity contribution in [2.45, 2.75) is 6.54 Å². The SMILES string of the molecule is NCCNCc1cc(F)c(Cl)cc1F. The maximum Gasteiger partial charge on any atom is 0.142 e. The van der Waals surface area contributed by atoms with E-state index in [9.17, 15) is 8.78 Å². The van der Waals surface area contributed by atoms with Gasteiger partial charge in [-0.3, -0.25) is 0 Å². The lowest BCUT2D eigenvalue weighted by molar-refractivity contribution is 0.570. The van der Waals surface area contributed by atoms with Gasteiger partial charge in [-0.15, -0.1) is 0 Å². The number of nitrogens with two attached hydrogens (primary N) is 1. The molecule has 1 aromatic carbocycles. The molecule has 0 saturated carbocycles. The van der Waals surface area contributed by atoms with Crippen LogP contribution in [0, 0.1) is 11.6 Å². The molecular weight excluding hydrogens is 210 g/mol. The Morgan fingerprint density at radius 1 is 1.29 bits per heavy atom. The van der Waals surface area contributed by atoms with Crippen molar-refractivity contribution in [1.82, 2.24) is 5.32 Å². The molecule has 0 heterocycles. The molecule has 0 saturated heterocycles. The Hall–Kier alpha value is -0.710. The highest BCUT2D eigenvalue weighted by Crippen LogP contribution is 2.18. The summed E-state index contributed by atoms with van der Waals surface area (Å²) in [5.74, 6) is -1.13. The second-order valence-corrected chi connectivity index (χ2v) is 3.23. The normalized spacial score (nSPS) is 10.6. The van der Waals surface area contributed by atoms with Gasteiger partial charge >= 0.3 is 0 Å². The Morgan fingerprint density at radius 2 is 2.00 bits per heavy atom. The molecule has 0 radical (unpaired) electrons. The minimum absolute atomic E-state index is 0.204. The zero-order valence-electron chi connectivity index (χ0n) is 7.49. The standard InChI is InChI=1S/C9H11ClF2N2/c10-7-4-8(11)6(3-9(7)12)5-14-2-1-13/h3-4,14H,1-2,5,13H2. The van der Waals surface area contributed by atoms with Gasteiger partial charge < -0.3 is 11.1 Å². The van der Waals surface area contributed by atoms with E-state index >= 15 is 0 Å². The molecule has 1 rings (SSSR count). The molecule has 0 aliphatic rings. The van der Waals surface area contributed by atoms with Crippen molar-refractivity contribution in [1.29, 1.82) is 0 Å². The third-order valence-corrected chi connectivity index (χ3v) is 2.02. The smallest absolute Gasteiger partial charge is 0.142 e. The monoisotopic (exact) mass is 220 g/mol. The summed E-state index contributed by atoms with van der Waals surface area (Å²) in [7, 11) is 0. The van der Waals surface area contributed by atoms with Gasteiger partial charge in [-0.05, 0) is 12.1 Å². The minimum Gasteiger partial charge on any atom is -0.329 e. The van der Waals surface area contributed by atoms with Crippen LogP contribution in [0.15, 0.2) is 12.1 Å². The lowest BCUT2D eigenvalue weighted by Gasteiger charge is -2.05. The van der Waals surface area contributed by atoms with Crippen molar-refractivity contribution >= 4 is 11.6 Å². The third kappa shape index (κ3) is 2.90. The summed E-state index contributed by atoms with van der Waals surface area (Å²) in [5, 5.41) is 2.66. The number of nitrogens with one attached hydrogen (secondary N) is 1. The van der Waals surface area contributed by atoms with Gasteiger partial charge in [0, 0.05) is 25.2 Å². The molecule has 14 heavy (non-hydrogen) atoms. The molecule has 0 spiro atoms. The molecule has 78 valence electrons. The van der Waals surface area contributed by atoms with Gasteiger partial charge in [0.2, 0.25) is 0 Å². The molecule has 2 nitrogen and oxygen atoms in total. The van der Waals surface area contributed by atoms with E-state index in [-0.39, 0.29) is 17.1 Å². The quantitative estimate of drug-likeness (QED) is 0.598. The van der Waals surface area contributed by atoms with Gasteiger partial charge in [0.1, 0.15) is 11.6 Å². The first-order chi connectivity index (χ1) is 6.65. The van der Waals surface area contributed by atoms with Crippen LogP contribution < -0.4 is 11.1 Å². The van der Waals surface area contributed by atoms with Gasteiger partial charge in [0.15, 0.2) is 0 Å². The van der Waals surface area contributed by atoms with Crippen LogP contribution in [0.25, 0.3) is 0 Å². The Balaban J connectivity index is 2.72. The molecular formula is C9H11ClF2N2. The van der Waals surface area contributed by atoms with E-state index in [1.54, 1.807) is 0 Å². The van der Waals surface area contributed by atoms with E-state index in [2.05, 4.69) is 5.32 Å². The first-order valence-corrected chi connectivity index (χ1v) is 4.57. The Morgan fingerprint density at radius 3 is 2.64 bits per heavy atom. The molecule has 0 atom stereocenters. The fourth-order valence-corrected chi connectivity index (χ4v) is 1.17. The molecule has 1 aromatic rings. The summed E-state index contributed by atoms with van der Waals surface area (Å²) < 4.78 is 26.1. The van der Waals surface area contributed by atoms with Crippen LogP contribution in [-0.4, -0.2) is 13.1 Å². The van der Waals surface area contributed by atoms with Crippen LogP contribution in [0.4, 0.5) is 8.78 Å². The van der Waals surface area contributed by atoms with Crippen molar-refractivity contribution < 1.29 is 8.78 Å². The van der Waals surface area contributed by atoms with E-state index in [1.807, 2.05) is 0 Å². The second kappa shape index (κ2) is 5.24. The zero-order chi connectivity index (χ0) is 10.6. The predicted molar refractivity (Wildman–Crippen MR) is 52.1 cm³/mol. The number of halogens is 3. The van der Waals surface area contributed by atoms with Crippen LogP contribution in [0.1, 0.15) is 5.56 Å². The summed E-state index contributed by atoms with van der Waals surface area (Å²) >= 11 is 5.39. The van der Waals surface area contributed by atoms with E-state index < -0.39 is 11.6 Å². The molecule has 0 aliphatic heterocycles. The molecule has 0 aliphatic carbocycles. The highest BCUT2D eigenvalue weighted by molar-refractivity contribution is 6.30. The molecule has 3 N–H and O–H groups in total. The lowest BCUT2D eigenvalue weighted by atomic mass is 10.2. The summed E-state index contributed by atoms with van der Waals surface area (Å²) in [6, 6.07) is 2.05. The first kappa shape index (κ1) is 11.4. The van der Waals surface area contributed by atoms with Crippen LogP contribution in [0.5, 0.6) is 0 Å². The van der Waals surface area contributed by atoms with Gasteiger partial charge in [-0.25, -0.2) is 8.78 Å². The topological polar surface area (TPSA) is 38.0 Å². The van der Waals surface area contributed by atoms with Gasteiger partial charge in [0.05, 0.1) is 5.02 Å². The van der Waals surface area contributed by atoms with Gasteiger partial charge in [-0.2, -0.15) is 0 Å². The Labute approximate surface area is 86.1 Å². The predicted octanol–water partition coefficient (Wildman–Crippen LogP) is 1.67. The van der Waals surface area contributed by atoms with Crippen LogP contribution in [0.3, 0.4) is 0 Å². The fraction of sp³-hybridized carbons (Fsp3) is 0.333. The number of hydrogen-bond donors (Lipinski definition) is 2. The molecule has 0 bridgehead atoms. The molecule has 5 heteroatoms. The highest BCUT2D eigenvalue weighted by Gasteiger charge is 2.07. The second-order valence-electron chi connectivity index (χ2n) is 2.82. The third-order valence-electron chi connectivity index (χ3n) is 1.73. The van der Waals surface area contributed by atoms with Crippen molar-refractivity contribution in [2.24, 2.45) is 5.73 Å². The summed E-state index contributed by atoms with van der Waals surface area (Å²) in [5.41, 5.74) is 5.48. The largest absolute Gasteiger partial charge is 0.329 e. The van der Waals surface area contributed by atoms with E-state index in [1.165, 1.54) is 0 Å². The van der Waals surface area contributed by atoms with Crippen molar-refractivity contribution in [3.05, 3.63) is 34.4 Å². The lowest BCUT2D eigenvalue weighted by Crippen LogP contribution is -2.22. The van der Waals surface area contributed by atoms with Crippen molar-refractivity contribution in [2.75, 3.05) is 13.1 Å². The summed E-state index contributed by atoms with van der Waals surface area (Å²) in [6.45, 7) is 1.26. The van der Waals surface area contributed by atoms with Crippen LogP contribution in [-0.2, 0) is 6.54 Å². The fourth-order valence-electron chi connectivity index (χ4n) is 1.02. The number of benzene rings is 1. The zero-order valence-corrected chi connectivity index (χ0v) is 8.24. The van der Waals surface area contributed by atoms with E-state index in [0.29, 0.717) is 13.1 Å². The maximum absolute atomic E-state index is 13.1. The maximum atomic E-state index is 13.1. The molecule has 0 aromatic heterocycles. The molecule has 0 fully saturated rings. The summed E-state index contributed by atoms with van der Waals surface area (Å²) in [4.78, 5) is 0. The van der Waals surface area contributed by atoms with Gasteiger partial charge in [0.25, 0.3) is 0 Å². The Bertz CT molecular complexity index is 318. The molecule has 0 unspecified atom stereocenters. The van der Waals surface area contributed by atoms with Crippen LogP contribution in [0.2, 0.25) is 5.02 Å². The average molecular weight is 221 g/mol. The van der Waals surface area contributed by atoms with E-state index in [4.69, 9.17) is 17.3 Å². The Kier molecular flexibility index (Phi) is 4.25. The molecule has 0 amide bonds. The van der Waals surface area contributed by atoms with Crippen LogP contribution >= 0.6 is 11.6 Å². The average Bonchev–Trinajstić information content (AvgIpc) is 2.14. The highest BCUT2D eigenvalue weighted by atomic mass is 35.5. The number of hydrogen-bond acceptors (Lipinski definition) is 2. The number of rotatable bonds is 4. The first-order valence-electron chi connectivity index (χ1n) is 4.19. The van der Waals surface area contributed by atoms with Crippen molar-refractivity contribution in [3.63, 3.8) is 0 Å². The minimum atomic E-state index is -0.613. The summed E-state index contributed by atoms with van der Waals surface area (Å²) in [6.07, 6.45) is 0. The van der Waals surface area contributed by atoms with Gasteiger partial charge in [-0.1, -0.05) is 11.6 Å².